The molecule has 0 aliphatic heterocycles. The molecule has 0 saturated carbocycles. The summed E-state index contributed by atoms with van der Waals surface area (Å²) in [5, 5.41) is 3.38. The summed E-state index contributed by atoms with van der Waals surface area (Å²) in [7, 11) is 3.43. The van der Waals surface area contributed by atoms with Crippen LogP contribution >= 0.6 is 0 Å². The van der Waals surface area contributed by atoms with Gasteiger partial charge in [-0.2, -0.15) is 0 Å². The molecule has 1 amide bonds. The van der Waals surface area contributed by atoms with Crippen molar-refractivity contribution in [2.75, 3.05) is 19.4 Å². The molecule has 1 unspecified atom stereocenters. The third kappa shape index (κ3) is 3.67. The summed E-state index contributed by atoms with van der Waals surface area (Å²) in [5.41, 5.74) is 3.10. The lowest BCUT2D eigenvalue weighted by atomic mass is 10.1. The van der Waals surface area contributed by atoms with Crippen molar-refractivity contribution in [3.05, 3.63) is 78.2 Å². The maximum absolute atomic E-state index is 12.7. The second-order valence-corrected chi connectivity index (χ2v) is 7.00. The highest BCUT2D eigenvalue weighted by molar-refractivity contribution is 5.98. The van der Waals surface area contributed by atoms with Crippen LogP contribution in [0, 0.1) is 0 Å². The van der Waals surface area contributed by atoms with Gasteiger partial charge in [0.15, 0.2) is 5.82 Å². The average Bonchev–Trinajstić information content (AvgIpc) is 3.18. The third-order valence-corrected chi connectivity index (χ3v) is 4.72. The van der Waals surface area contributed by atoms with E-state index in [9.17, 15) is 4.79 Å². The van der Waals surface area contributed by atoms with Gasteiger partial charge in [-0.05, 0) is 24.6 Å². The highest BCUT2D eigenvalue weighted by Crippen LogP contribution is 2.25. The van der Waals surface area contributed by atoms with E-state index >= 15 is 0 Å². The Labute approximate surface area is 169 Å². The molecule has 7 nitrogen and oxygen atoms in total. The molecule has 0 aliphatic carbocycles. The first kappa shape index (κ1) is 18.6. The van der Waals surface area contributed by atoms with Gasteiger partial charge in [0.1, 0.15) is 22.7 Å². The van der Waals surface area contributed by atoms with Gasteiger partial charge < -0.3 is 10.2 Å². The molecule has 0 fully saturated rings. The van der Waals surface area contributed by atoms with Crippen LogP contribution in [0.1, 0.15) is 28.9 Å². The van der Waals surface area contributed by atoms with Crippen molar-refractivity contribution in [1.29, 1.82) is 0 Å². The van der Waals surface area contributed by atoms with E-state index in [1.807, 2.05) is 66.1 Å². The van der Waals surface area contributed by atoms with Crippen LogP contribution in [0.25, 0.3) is 17.2 Å². The zero-order valence-electron chi connectivity index (χ0n) is 16.6. The van der Waals surface area contributed by atoms with Gasteiger partial charge in [-0.25, -0.2) is 15.0 Å². The molecule has 7 heteroatoms. The Balaban J connectivity index is 1.78. The van der Waals surface area contributed by atoms with E-state index in [1.54, 1.807) is 26.5 Å². The number of nitrogens with zero attached hydrogens (tertiary/aromatic N) is 5. The summed E-state index contributed by atoms with van der Waals surface area (Å²) in [6.07, 6.45) is 5.23. The first-order valence-corrected chi connectivity index (χ1v) is 9.37. The predicted molar refractivity (Wildman–Crippen MR) is 113 cm³/mol. The summed E-state index contributed by atoms with van der Waals surface area (Å²) in [5.74, 6) is 0.843. The van der Waals surface area contributed by atoms with Gasteiger partial charge in [-0.1, -0.05) is 36.4 Å². The normalized spacial score (nSPS) is 12.0. The van der Waals surface area contributed by atoms with Gasteiger partial charge in [-0.3, -0.25) is 9.20 Å². The number of rotatable bonds is 5. The van der Waals surface area contributed by atoms with Crippen LogP contribution in [0.4, 0.5) is 5.82 Å². The Morgan fingerprint density at radius 3 is 2.55 bits per heavy atom. The number of hydrogen-bond acceptors (Lipinski definition) is 5. The lowest BCUT2D eigenvalue weighted by molar-refractivity contribution is 0.0827. The summed E-state index contributed by atoms with van der Waals surface area (Å²) in [6.45, 7) is 2.04. The van der Waals surface area contributed by atoms with E-state index in [4.69, 9.17) is 4.98 Å². The number of imidazole rings is 1. The Hall–Kier alpha value is -3.74. The molecule has 1 aromatic carbocycles. The molecular formula is C22H22N6O. The first-order valence-electron chi connectivity index (χ1n) is 9.37. The van der Waals surface area contributed by atoms with Crippen molar-refractivity contribution < 1.29 is 4.79 Å². The van der Waals surface area contributed by atoms with Crippen LogP contribution in [0.3, 0.4) is 0 Å². The fourth-order valence-electron chi connectivity index (χ4n) is 3.14. The van der Waals surface area contributed by atoms with Crippen LogP contribution in [-0.2, 0) is 0 Å². The van der Waals surface area contributed by atoms with Gasteiger partial charge in [0.2, 0.25) is 0 Å². The van der Waals surface area contributed by atoms with Gasteiger partial charge >= 0.3 is 0 Å². The minimum Gasteiger partial charge on any atom is -0.363 e. The molecule has 4 aromatic rings. The monoisotopic (exact) mass is 386 g/mol. The van der Waals surface area contributed by atoms with Crippen molar-refractivity contribution in [3.8, 4) is 11.5 Å². The number of pyridine rings is 1. The topological polar surface area (TPSA) is 75.4 Å². The van der Waals surface area contributed by atoms with Crippen molar-refractivity contribution in [1.82, 2.24) is 24.3 Å². The minimum atomic E-state index is -0.155. The number of hydrogen-bond donors (Lipinski definition) is 1. The fraction of sp³-hybridized carbons (Fsp3) is 0.182. The van der Waals surface area contributed by atoms with E-state index in [0.717, 1.165) is 16.9 Å². The molecule has 1 atom stereocenters. The quantitative estimate of drug-likeness (QED) is 0.566. The van der Waals surface area contributed by atoms with Gasteiger partial charge in [-0.15, -0.1) is 0 Å². The third-order valence-electron chi connectivity index (χ3n) is 4.72. The molecule has 146 valence electrons. The molecular weight excluding hydrogens is 364 g/mol. The summed E-state index contributed by atoms with van der Waals surface area (Å²) >= 11 is 0. The Morgan fingerprint density at radius 2 is 1.79 bits per heavy atom. The van der Waals surface area contributed by atoms with Crippen molar-refractivity contribution in [3.63, 3.8) is 0 Å². The van der Waals surface area contributed by atoms with Gasteiger partial charge in [0.25, 0.3) is 5.91 Å². The smallest absolute Gasteiger partial charge is 0.258 e. The Bertz CT molecular complexity index is 1150. The molecule has 0 spiro atoms. The number of anilines is 1. The standard InChI is InChI=1S/C22H22N6O/c1-15(16-9-5-4-6-10-16)25-20-17(22(29)27(2)3)13-24-21(26-20)18-14-23-19-11-7-8-12-28(18)19/h4-15H,1-3H3,(H,24,25,26). The van der Waals surface area contributed by atoms with E-state index in [1.165, 1.54) is 4.90 Å². The van der Waals surface area contributed by atoms with Crippen molar-refractivity contribution in [2.45, 2.75) is 13.0 Å². The SMILES string of the molecule is CC(Nc1nc(-c2cnc3ccccn23)ncc1C(=O)N(C)C)c1ccccc1. The number of aromatic nitrogens is 4. The number of carbonyl (C=O) groups is 1. The van der Waals surface area contributed by atoms with E-state index < -0.39 is 0 Å². The van der Waals surface area contributed by atoms with Crippen LogP contribution in [-0.4, -0.2) is 44.3 Å². The highest BCUT2D eigenvalue weighted by atomic mass is 16.2. The zero-order valence-corrected chi connectivity index (χ0v) is 16.6. The number of amides is 1. The molecule has 0 saturated heterocycles. The number of benzene rings is 1. The molecule has 3 heterocycles. The molecule has 29 heavy (non-hydrogen) atoms. The maximum Gasteiger partial charge on any atom is 0.258 e. The predicted octanol–water partition coefficient (Wildman–Crippen LogP) is 3.67. The van der Waals surface area contributed by atoms with E-state index in [2.05, 4.69) is 15.3 Å². The fourth-order valence-corrected chi connectivity index (χ4v) is 3.14. The lowest BCUT2D eigenvalue weighted by Crippen LogP contribution is -2.24. The zero-order chi connectivity index (χ0) is 20.4. The van der Waals surface area contributed by atoms with Crippen LogP contribution < -0.4 is 5.32 Å². The molecule has 0 bridgehead atoms. The molecule has 1 N–H and O–H groups in total. The average molecular weight is 386 g/mol. The number of nitrogens with one attached hydrogen (secondary N) is 1. The van der Waals surface area contributed by atoms with Gasteiger partial charge in [0.05, 0.1) is 6.20 Å². The molecule has 3 aromatic heterocycles. The summed E-state index contributed by atoms with van der Waals surface area (Å²) in [6, 6.07) is 15.8. The summed E-state index contributed by atoms with van der Waals surface area (Å²) < 4.78 is 1.92. The van der Waals surface area contributed by atoms with Crippen LogP contribution in [0.5, 0.6) is 0 Å². The Kier molecular flexibility index (Phi) is 4.95. The lowest BCUT2D eigenvalue weighted by Gasteiger charge is -2.19. The molecule has 0 radical (unpaired) electrons. The van der Waals surface area contributed by atoms with E-state index in [-0.39, 0.29) is 11.9 Å². The Morgan fingerprint density at radius 1 is 1.03 bits per heavy atom. The molecule has 4 rings (SSSR count). The van der Waals surface area contributed by atoms with Crippen LogP contribution in [0.15, 0.2) is 67.1 Å². The largest absolute Gasteiger partial charge is 0.363 e. The molecule has 0 aliphatic rings. The van der Waals surface area contributed by atoms with Gasteiger partial charge in [0, 0.05) is 32.5 Å². The van der Waals surface area contributed by atoms with Crippen LogP contribution in [0.2, 0.25) is 0 Å². The maximum atomic E-state index is 12.7. The first-order chi connectivity index (χ1) is 14.0. The minimum absolute atomic E-state index is 0.0325. The number of fused-ring (bicyclic) bond motifs is 1. The van der Waals surface area contributed by atoms with Crippen molar-refractivity contribution >= 4 is 17.4 Å². The second-order valence-electron chi connectivity index (χ2n) is 7.00. The second kappa shape index (κ2) is 7.71. The van der Waals surface area contributed by atoms with Crippen molar-refractivity contribution in [2.24, 2.45) is 0 Å². The summed E-state index contributed by atoms with van der Waals surface area (Å²) in [4.78, 5) is 27.8. The highest BCUT2D eigenvalue weighted by Gasteiger charge is 2.20. The number of carbonyl (C=O) groups excluding carboxylic acids is 1. The van der Waals surface area contributed by atoms with E-state index in [0.29, 0.717) is 17.2 Å².